The molecular formula is C12H10F3N3O4S2. The van der Waals surface area contributed by atoms with Crippen LogP contribution in [0.4, 0.5) is 24.5 Å². The quantitative estimate of drug-likeness (QED) is 0.630. The lowest BCUT2D eigenvalue weighted by molar-refractivity contribution is -0.384. The predicted octanol–water partition coefficient (Wildman–Crippen LogP) is 3.27. The molecule has 0 amide bonds. The van der Waals surface area contributed by atoms with Crippen molar-refractivity contribution >= 4 is 32.5 Å². The molecule has 0 saturated carbocycles. The summed E-state index contributed by atoms with van der Waals surface area (Å²) in [5, 5.41) is 13.8. The van der Waals surface area contributed by atoms with Gasteiger partial charge in [-0.2, -0.15) is 13.2 Å². The number of hydrogen-bond acceptors (Lipinski definition) is 7. The van der Waals surface area contributed by atoms with Gasteiger partial charge in [-0.3, -0.25) is 10.1 Å². The average Bonchev–Trinajstić information content (AvgIpc) is 2.89. The highest BCUT2D eigenvalue weighted by atomic mass is 32.2. The summed E-state index contributed by atoms with van der Waals surface area (Å²) in [5.41, 5.74) is -4.09. The van der Waals surface area contributed by atoms with E-state index in [9.17, 15) is 31.7 Å². The van der Waals surface area contributed by atoms with Crippen molar-refractivity contribution in [1.82, 2.24) is 4.98 Å². The Hall–Kier alpha value is -2.21. The number of sulfone groups is 1. The van der Waals surface area contributed by atoms with E-state index in [1.807, 2.05) is 0 Å². The van der Waals surface area contributed by atoms with Crippen LogP contribution in [0.25, 0.3) is 0 Å². The van der Waals surface area contributed by atoms with Crippen LogP contribution in [0.3, 0.4) is 0 Å². The standard InChI is InChI=1S/C12H10F3N3O4S2/c1-7-11(23-6-17-7)5-16-9-3-2-8(4-10(9)18(19)20)24(21,22)12(13,14)15/h2-4,6,16H,5H2,1H3. The molecule has 0 radical (unpaired) electrons. The Balaban J connectivity index is 2.38. The first-order valence-corrected chi connectivity index (χ1v) is 8.63. The lowest BCUT2D eigenvalue weighted by atomic mass is 10.2. The summed E-state index contributed by atoms with van der Waals surface area (Å²) < 4.78 is 60.4. The Morgan fingerprint density at radius 1 is 1.38 bits per heavy atom. The van der Waals surface area contributed by atoms with Gasteiger partial charge in [0.15, 0.2) is 0 Å². The maximum absolute atomic E-state index is 12.6. The SMILES string of the molecule is Cc1ncsc1CNc1ccc(S(=O)(=O)C(F)(F)F)cc1[N+](=O)[O-]. The Labute approximate surface area is 138 Å². The molecule has 130 valence electrons. The van der Waals surface area contributed by atoms with Crippen molar-refractivity contribution in [2.75, 3.05) is 5.32 Å². The van der Waals surface area contributed by atoms with Gasteiger partial charge in [-0.15, -0.1) is 11.3 Å². The molecule has 1 heterocycles. The number of hydrogen-bond donors (Lipinski definition) is 1. The van der Waals surface area contributed by atoms with Gasteiger partial charge in [0, 0.05) is 10.9 Å². The van der Waals surface area contributed by atoms with Crippen LogP contribution in [0.2, 0.25) is 0 Å². The van der Waals surface area contributed by atoms with Crippen LogP contribution < -0.4 is 5.32 Å². The second-order valence-electron chi connectivity index (χ2n) is 4.60. The lowest BCUT2D eigenvalue weighted by Gasteiger charge is -2.10. The number of nitro benzene ring substituents is 1. The minimum atomic E-state index is -5.65. The highest BCUT2D eigenvalue weighted by molar-refractivity contribution is 7.92. The highest BCUT2D eigenvalue weighted by Crippen LogP contribution is 2.35. The molecule has 0 bridgehead atoms. The van der Waals surface area contributed by atoms with Crippen LogP contribution in [0.15, 0.2) is 28.6 Å². The van der Waals surface area contributed by atoms with Gasteiger partial charge in [0.25, 0.3) is 15.5 Å². The normalized spacial score (nSPS) is 12.2. The molecule has 0 aliphatic rings. The summed E-state index contributed by atoms with van der Waals surface area (Å²) >= 11 is 1.31. The van der Waals surface area contributed by atoms with Gasteiger partial charge in [-0.25, -0.2) is 13.4 Å². The van der Waals surface area contributed by atoms with E-state index in [0.29, 0.717) is 17.8 Å². The van der Waals surface area contributed by atoms with Crippen molar-refractivity contribution in [3.63, 3.8) is 0 Å². The van der Waals surface area contributed by atoms with Crippen molar-refractivity contribution in [2.24, 2.45) is 0 Å². The first-order valence-electron chi connectivity index (χ1n) is 6.26. The first kappa shape index (κ1) is 18.1. The summed E-state index contributed by atoms with van der Waals surface area (Å²) in [7, 11) is -5.65. The third kappa shape index (κ3) is 3.48. The van der Waals surface area contributed by atoms with Crippen LogP contribution in [-0.2, 0) is 16.4 Å². The van der Waals surface area contributed by atoms with Gasteiger partial charge < -0.3 is 5.32 Å². The van der Waals surface area contributed by atoms with E-state index in [1.54, 1.807) is 12.4 Å². The van der Waals surface area contributed by atoms with Crippen LogP contribution in [-0.4, -0.2) is 23.8 Å². The first-order chi connectivity index (χ1) is 11.0. The summed E-state index contributed by atoms with van der Waals surface area (Å²) in [4.78, 5) is 13.7. The summed E-state index contributed by atoms with van der Waals surface area (Å²) in [6.07, 6.45) is 0. The monoisotopic (exact) mass is 381 g/mol. The Kier molecular flexibility index (Phi) is 4.80. The van der Waals surface area contributed by atoms with Gasteiger partial charge in [-0.05, 0) is 19.1 Å². The van der Waals surface area contributed by atoms with E-state index < -0.39 is 30.9 Å². The van der Waals surface area contributed by atoms with E-state index >= 15 is 0 Å². The fraction of sp³-hybridized carbons (Fsp3) is 0.250. The van der Waals surface area contributed by atoms with Crippen molar-refractivity contribution < 1.29 is 26.5 Å². The van der Waals surface area contributed by atoms with Crippen LogP contribution in [0.1, 0.15) is 10.6 Å². The number of nitrogens with zero attached hydrogens (tertiary/aromatic N) is 2. The molecule has 2 aromatic rings. The number of anilines is 1. The van der Waals surface area contributed by atoms with E-state index in [-0.39, 0.29) is 12.2 Å². The molecule has 24 heavy (non-hydrogen) atoms. The molecule has 0 saturated heterocycles. The molecule has 0 fully saturated rings. The minimum Gasteiger partial charge on any atom is -0.375 e. The number of nitrogens with one attached hydrogen (secondary N) is 1. The smallest absolute Gasteiger partial charge is 0.375 e. The van der Waals surface area contributed by atoms with Crippen LogP contribution >= 0.6 is 11.3 Å². The largest absolute Gasteiger partial charge is 0.501 e. The number of thiazole rings is 1. The third-order valence-corrected chi connectivity index (χ3v) is 5.48. The molecule has 1 aromatic carbocycles. The van der Waals surface area contributed by atoms with Gasteiger partial charge >= 0.3 is 5.51 Å². The molecular weight excluding hydrogens is 371 g/mol. The minimum absolute atomic E-state index is 0.0890. The zero-order valence-corrected chi connectivity index (χ0v) is 13.6. The number of alkyl halides is 3. The van der Waals surface area contributed by atoms with E-state index in [1.165, 1.54) is 11.3 Å². The van der Waals surface area contributed by atoms with E-state index in [4.69, 9.17) is 0 Å². The van der Waals surface area contributed by atoms with Crippen LogP contribution in [0, 0.1) is 17.0 Å². The predicted molar refractivity (Wildman–Crippen MR) is 80.5 cm³/mol. The van der Waals surface area contributed by atoms with Crippen molar-refractivity contribution in [1.29, 1.82) is 0 Å². The Morgan fingerprint density at radius 3 is 2.54 bits per heavy atom. The second-order valence-corrected chi connectivity index (χ2v) is 7.48. The summed E-state index contributed by atoms with van der Waals surface area (Å²) in [6, 6.07) is 2.01. The molecule has 0 unspecified atom stereocenters. The molecule has 0 atom stereocenters. The maximum atomic E-state index is 12.6. The molecule has 0 aliphatic carbocycles. The highest BCUT2D eigenvalue weighted by Gasteiger charge is 2.47. The molecule has 1 N–H and O–H groups in total. The molecule has 7 nitrogen and oxygen atoms in total. The topological polar surface area (TPSA) is 102 Å². The van der Waals surface area contributed by atoms with Gasteiger partial charge in [-0.1, -0.05) is 0 Å². The summed E-state index contributed by atoms with van der Waals surface area (Å²) in [5.74, 6) is 0. The number of aryl methyl sites for hydroxylation is 1. The average molecular weight is 381 g/mol. The van der Waals surface area contributed by atoms with E-state index in [2.05, 4.69) is 10.3 Å². The zero-order valence-electron chi connectivity index (χ0n) is 12.0. The molecule has 1 aromatic heterocycles. The summed E-state index contributed by atoms with van der Waals surface area (Å²) in [6.45, 7) is 1.91. The number of aromatic nitrogens is 1. The van der Waals surface area contributed by atoms with Crippen LogP contribution in [0.5, 0.6) is 0 Å². The van der Waals surface area contributed by atoms with Crippen molar-refractivity contribution in [3.8, 4) is 0 Å². The van der Waals surface area contributed by atoms with Crippen molar-refractivity contribution in [3.05, 3.63) is 44.4 Å². The number of nitro groups is 1. The molecule has 2 rings (SSSR count). The van der Waals surface area contributed by atoms with Gasteiger partial charge in [0.2, 0.25) is 0 Å². The molecule has 0 spiro atoms. The zero-order chi connectivity index (χ0) is 18.1. The maximum Gasteiger partial charge on any atom is 0.501 e. The Bertz CT molecular complexity index is 878. The molecule has 12 heteroatoms. The van der Waals surface area contributed by atoms with Gasteiger partial charge in [0.05, 0.1) is 27.6 Å². The van der Waals surface area contributed by atoms with Gasteiger partial charge in [0.1, 0.15) is 5.69 Å². The fourth-order valence-electron chi connectivity index (χ4n) is 1.78. The molecule has 0 aliphatic heterocycles. The van der Waals surface area contributed by atoms with Crippen molar-refractivity contribution in [2.45, 2.75) is 23.9 Å². The second kappa shape index (κ2) is 6.36. The Morgan fingerprint density at radius 2 is 2.04 bits per heavy atom. The lowest BCUT2D eigenvalue weighted by Crippen LogP contribution is -2.23. The number of halogens is 3. The third-order valence-electron chi connectivity index (χ3n) is 3.07. The number of rotatable bonds is 5. The fourth-order valence-corrected chi connectivity index (χ4v) is 3.28. The van der Waals surface area contributed by atoms with E-state index in [0.717, 1.165) is 10.9 Å². The number of benzene rings is 1.